The Morgan fingerprint density at radius 2 is 1.89 bits per heavy atom. The van der Waals surface area contributed by atoms with Gasteiger partial charge in [0.25, 0.3) is 0 Å². The molecule has 2 aromatic carbocycles. The van der Waals surface area contributed by atoms with Crippen molar-refractivity contribution >= 4 is 37.5 Å². The van der Waals surface area contributed by atoms with Gasteiger partial charge >= 0.3 is 0 Å². The van der Waals surface area contributed by atoms with Gasteiger partial charge in [-0.25, -0.2) is 0 Å². The maximum absolute atomic E-state index is 5.38. The van der Waals surface area contributed by atoms with Crippen LogP contribution in [0.5, 0.6) is 5.75 Å². The van der Waals surface area contributed by atoms with E-state index in [1.54, 1.807) is 7.11 Å². The fraction of sp³-hybridized carbons (Fsp3) is 0.200. The summed E-state index contributed by atoms with van der Waals surface area (Å²) in [4.78, 5) is 0. The summed E-state index contributed by atoms with van der Waals surface area (Å²) in [5.74, 6) is 0.907. The molecule has 0 aliphatic carbocycles. The highest BCUT2D eigenvalue weighted by atomic mass is 79.9. The lowest BCUT2D eigenvalue weighted by Gasteiger charge is -2.13. The van der Waals surface area contributed by atoms with E-state index in [1.807, 2.05) is 24.3 Å². The highest BCUT2D eigenvalue weighted by Gasteiger charge is 2.05. The minimum atomic E-state index is 0.722. The van der Waals surface area contributed by atoms with E-state index in [1.165, 1.54) is 5.56 Å². The van der Waals surface area contributed by atoms with Crippen molar-refractivity contribution in [3.63, 3.8) is 0 Å². The van der Waals surface area contributed by atoms with E-state index in [2.05, 4.69) is 56.2 Å². The number of rotatable bonds is 4. The molecule has 1 N–H and O–H groups in total. The molecule has 4 heteroatoms. The third-order valence-electron chi connectivity index (χ3n) is 2.83. The van der Waals surface area contributed by atoms with Gasteiger partial charge in [0.05, 0.1) is 7.11 Å². The zero-order chi connectivity index (χ0) is 13.8. The molecule has 2 aromatic rings. The summed E-state index contributed by atoms with van der Waals surface area (Å²) in [5.41, 5.74) is 3.43. The van der Waals surface area contributed by atoms with E-state index < -0.39 is 0 Å². The molecule has 0 radical (unpaired) electrons. The Bertz CT molecular complexity index is 584. The van der Waals surface area contributed by atoms with E-state index in [4.69, 9.17) is 4.74 Å². The van der Waals surface area contributed by atoms with Crippen molar-refractivity contribution in [2.24, 2.45) is 0 Å². The second-order valence-corrected chi connectivity index (χ2v) is 6.06. The number of ether oxygens (including phenoxy) is 1. The molecule has 0 unspecified atom stereocenters. The third kappa shape index (κ3) is 3.74. The first-order chi connectivity index (χ1) is 9.10. The number of methoxy groups -OCH3 is 1. The lowest BCUT2D eigenvalue weighted by atomic mass is 10.1. The molecule has 0 aromatic heterocycles. The Labute approximate surface area is 130 Å². The lowest BCUT2D eigenvalue weighted by Crippen LogP contribution is -2.02. The number of benzene rings is 2. The predicted molar refractivity (Wildman–Crippen MR) is 86.9 cm³/mol. The van der Waals surface area contributed by atoms with Gasteiger partial charge in [-0.15, -0.1) is 0 Å². The van der Waals surface area contributed by atoms with Crippen LogP contribution < -0.4 is 10.1 Å². The number of nitrogens with one attached hydrogen (secondary N) is 1. The topological polar surface area (TPSA) is 21.3 Å². The van der Waals surface area contributed by atoms with E-state index in [0.29, 0.717) is 0 Å². The SMILES string of the molecule is COc1ccc(C)cc1CNc1cc(Br)ccc1Br. The second kappa shape index (κ2) is 6.44. The van der Waals surface area contributed by atoms with Crippen LogP contribution in [0.25, 0.3) is 0 Å². The van der Waals surface area contributed by atoms with Crippen LogP contribution in [0.15, 0.2) is 45.3 Å². The Balaban J connectivity index is 2.18. The van der Waals surface area contributed by atoms with Crippen molar-refractivity contribution in [2.45, 2.75) is 13.5 Å². The normalized spacial score (nSPS) is 10.3. The number of hydrogen-bond acceptors (Lipinski definition) is 2. The molecule has 0 heterocycles. The van der Waals surface area contributed by atoms with Gasteiger partial charge < -0.3 is 10.1 Å². The second-order valence-electron chi connectivity index (χ2n) is 4.29. The zero-order valence-corrected chi connectivity index (χ0v) is 14.0. The van der Waals surface area contributed by atoms with Gasteiger partial charge in [0.1, 0.15) is 5.75 Å². The maximum Gasteiger partial charge on any atom is 0.123 e. The van der Waals surface area contributed by atoms with Gasteiger partial charge in [0.15, 0.2) is 0 Å². The van der Waals surface area contributed by atoms with Crippen molar-refractivity contribution in [1.82, 2.24) is 0 Å². The Kier molecular flexibility index (Phi) is 4.88. The number of aryl methyl sites for hydroxylation is 1. The van der Waals surface area contributed by atoms with Gasteiger partial charge in [0.2, 0.25) is 0 Å². The number of hydrogen-bond donors (Lipinski definition) is 1. The standard InChI is InChI=1S/C15H15Br2NO/c1-10-3-6-15(19-2)11(7-10)9-18-14-8-12(16)4-5-13(14)17/h3-8,18H,9H2,1-2H3. The minimum Gasteiger partial charge on any atom is -0.496 e. The molecular weight excluding hydrogens is 370 g/mol. The summed E-state index contributed by atoms with van der Waals surface area (Å²) in [5, 5.41) is 3.42. The van der Waals surface area contributed by atoms with Gasteiger partial charge in [-0.2, -0.15) is 0 Å². The van der Waals surface area contributed by atoms with Crippen LogP contribution in [0, 0.1) is 6.92 Å². The summed E-state index contributed by atoms with van der Waals surface area (Å²) >= 11 is 7.02. The number of anilines is 1. The van der Waals surface area contributed by atoms with Gasteiger partial charge in [-0.1, -0.05) is 33.6 Å². The quantitative estimate of drug-likeness (QED) is 0.787. The van der Waals surface area contributed by atoms with Crippen molar-refractivity contribution in [3.05, 3.63) is 56.5 Å². The number of halogens is 2. The molecule has 0 atom stereocenters. The van der Waals surface area contributed by atoms with E-state index in [-0.39, 0.29) is 0 Å². The van der Waals surface area contributed by atoms with Crippen molar-refractivity contribution in [1.29, 1.82) is 0 Å². The predicted octanol–water partition coefficient (Wildman–Crippen LogP) is 5.14. The molecule has 0 fully saturated rings. The monoisotopic (exact) mass is 383 g/mol. The van der Waals surface area contributed by atoms with Crippen LogP contribution >= 0.6 is 31.9 Å². The zero-order valence-electron chi connectivity index (χ0n) is 10.8. The molecule has 0 saturated carbocycles. The fourth-order valence-corrected chi connectivity index (χ4v) is 2.62. The molecule has 100 valence electrons. The van der Waals surface area contributed by atoms with Crippen LogP contribution in [0.3, 0.4) is 0 Å². The molecule has 2 nitrogen and oxygen atoms in total. The van der Waals surface area contributed by atoms with Gasteiger partial charge in [-0.05, 0) is 47.1 Å². The minimum absolute atomic E-state index is 0.722. The lowest BCUT2D eigenvalue weighted by molar-refractivity contribution is 0.410. The van der Waals surface area contributed by atoms with E-state index >= 15 is 0 Å². The average Bonchev–Trinajstić information content (AvgIpc) is 2.40. The highest BCUT2D eigenvalue weighted by molar-refractivity contribution is 9.11. The molecule has 0 saturated heterocycles. The molecule has 19 heavy (non-hydrogen) atoms. The molecule has 2 rings (SSSR count). The van der Waals surface area contributed by atoms with Gasteiger partial charge in [-0.3, -0.25) is 0 Å². The molecular formula is C15H15Br2NO. The molecule has 0 bridgehead atoms. The fourth-order valence-electron chi connectivity index (χ4n) is 1.87. The summed E-state index contributed by atoms with van der Waals surface area (Å²) in [6.07, 6.45) is 0. The van der Waals surface area contributed by atoms with Crippen molar-refractivity contribution < 1.29 is 4.74 Å². The first kappa shape index (κ1) is 14.4. The summed E-state index contributed by atoms with van der Waals surface area (Å²) in [6, 6.07) is 12.3. The summed E-state index contributed by atoms with van der Waals surface area (Å²) in [7, 11) is 1.70. The first-order valence-corrected chi connectivity index (χ1v) is 7.51. The van der Waals surface area contributed by atoms with Crippen LogP contribution in [0.2, 0.25) is 0 Å². The van der Waals surface area contributed by atoms with E-state index in [9.17, 15) is 0 Å². The van der Waals surface area contributed by atoms with Crippen LogP contribution in [-0.4, -0.2) is 7.11 Å². The van der Waals surface area contributed by atoms with Gasteiger partial charge in [0, 0.05) is 26.7 Å². The Morgan fingerprint density at radius 3 is 2.63 bits per heavy atom. The van der Waals surface area contributed by atoms with Crippen LogP contribution in [0.1, 0.15) is 11.1 Å². The Morgan fingerprint density at radius 1 is 1.11 bits per heavy atom. The molecule has 0 spiro atoms. The third-order valence-corrected chi connectivity index (χ3v) is 4.02. The summed E-state index contributed by atoms with van der Waals surface area (Å²) in [6.45, 7) is 2.80. The molecule has 0 amide bonds. The first-order valence-electron chi connectivity index (χ1n) is 5.92. The smallest absolute Gasteiger partial charge is 0.123 e. The maximum atomic E-state index is 5.38. The molecule has 0 aliphatic heterocycles. The summed E-state index contributed by atoms with van der Waals surface area (Å²) < 4.78 is 7.48. The largest absolute Gasteiger partial charge is 0.496 e. The van der Waals surface area contributed by atoms with Crippen molar-refractivity contribution in [3.8, 4) is 5.75 Å². The molecule has 0 aliphatic rings. The Hall–Kier alpha value is -1.000. The average molecular weight is 385 g/mol. The van der Waals surface area contributed by atoms with Crippen LogP contribution in [0.4, 0.5) is 5.69 Å². The highest BCUT2D eigenvalue weighted by Crippen LogP contribution is 2.28. The van der Waals surface area contributed by atoms with Crippen molar-refractivity contribution in [2.75, 3.05) is 12.4 Å². The van der Waals surface area contributed by atoms with Crippen LogP contribution in [-0.2, 0) is 6.54 Å². The van der Waals surface area contributed by atoms with E-state index in [0.717, 1.165) is 32.5 Å².